The number of carbonyl (C=O) groups excluding carboxylic acids is 1. The third-order valence-electron chi connectivity index (χ3n) is 5.22. The van der Waals surface area contributed by atoms with Gasteiger partial charge in [0, 0.05) is 12.1 Å². The molecule has 0 fully saturated rings. The maximum atomic E-state index is 13.7. The number of benzene rings is 3. The van der Waals surface area contributed by atoms with Crippen LogP contribution in [0.4, 0.5) is 11.4 Å². The van der Waals surface area contributed by atoms with Crippen molar-refractivity contribution in [3.8, 4) is 17.2 Å². The average Bonchev–Trinajstić information content (AvgIpc) is 2.95. The van der Waals surface area contributed by atoms with Crippen molar-refractivity contribution < 1.29 is 32.3 Å². The van der Waals surface area contributed by atoms with Gasteiger partial charge in [0.2, 0.25) is 0 Å². The molecular formula is C26H26N4O8S. The van der Waals surface area contributed by atoms with Gasteiger partial charge in [-0.2, -0.15) is 5.10 Å². The number of rotatable bonds is 13. The second-order valence-corrected chi connectivity index (χ2v) is 9.57. The smallest absolute Gasteiger partial charge is 0.289 e. The summed E-state index contributed by atoms with van der Waals surface area (Å²) < 4.78 is 44.1. The number of nitrogens with zero attached hydrogens (tertiary/aromatic N) is 3. The molecule has 0 unspecified atom stereocenters. The number of sulfonamides is 1. The Labute approximate surface area is 225 Å². The number of hydrazone groups is 1. The van der Waals surface area contributed by atoms with Crippen LogP contribution in [0, 0.1) is 10.1 Å². The number of anilines is 1. The van der Waals surface area contributed by atoms with E-state index in [0.717, 1.165) is 12.1 Å². The highest BCUT2D eigenvalue weighted by Crippen LogP contribution is 2.37. The number of ether oxygens (including phenoxy) is 3. The van der Waals surface area contributed by atoms with Gasteiger partial charge in [-0.05, 0) is 48.0 Å². The van der Waals surface area contributed by atoms with Crippen LogP contribution < -0.4 is 23.9 Å². The zero-order chi connectivity index (χ0) is 28.4. The third-order valence-corrected chi connectivity index (χ3v) is 7.03. The van der Waals surface area contributed by atoms with Crippen molar-refractivity contribution in [2.45, 2.75) is 4.90 Å². The van der Waals surface area contributed by atoms with Gasteiger partial charge in [0.05, 0.1) is 31.0 Å². The van der Waals surface area contributed by atoms with Crippen LogP contribution in [-0.2, 0) is 14.8 Å². The van der Waals surface area contributed by atoms with Gasteiger partial charge in [-0.3, -0.25) is 19.2 Å². The van der Waals surface area contributed by atoms with E-state index in [9.17, 15) is 23.3 Å². The van der Waals surface area contributed by atoms with Gasteiger partial charge in [-0.1, -0.05) is 24.8 Å². The van der Waals surface area contributed by atoms with E-state index >= 15 is 0 Å². The number of carbonyl (C=O) groups is 1. The Bertz CT molecular complexity index is 1470. The minimum atomic E-state index is -4.63. The van der Waals surface area contributed by atoms with E-state index in [1.54, 1.807) is 30.3 Å². The molecule has 39 heavy (non-hydrogen) atoms. The summed E-state index contributed by atoms with van der Waals surface area (Å²) in [7, 11) is -1.90. The molecule has 0 radical (unpaired) electrons. The van der Waals surface area contributed by atoms with Crippen molar-refractivity contribution >= 4 is 33.5 Å². The number of hydrogen-bond donors (Lipinski definition) is 1. The normalized spacial score (nSPS) is 11.0. The summed E-state index contributed by atoms with van der Waals surface area (Å²) in [6.45, 7) is 3.18. The number of nitro groups is 1. The number of para-hydroxylation sites is 1. The topological polar surface area (TPSA) is 150 Å². The van der Waals surface area contributed by atoms with Gasteiger partial charge in [-0.25, -0.2) is 13.8 Å². The number of hydrogen-bond acceptors (Lipinski definition) is 9. The van der Waals surface area contributed by atoms with Crippen LogP contribution in [-0.4, -0.2) is 52.8 Å². The lowest BCUT2D eigenvalue weighted by Crippen LogP contribution is -2.40. The lowest BCUT2D eigenvalue weighted by Gasteiger charge is -2.25. The first-order valence-corrected chi connectivity index (χ1v) is 12.8. The molecule has 204 valence electrons. The number of amides is 1. The van der Waals surface area contributed by atoms with Crippen LogP contribution in [0.5, 0.6) is 17.2 Å². The standard InChI is InChI=1S/C26H26N4O8S/c1-4-15-38-20-11-9-19(10-12-20)17-27-28-26(31)18-29(22-14-13-21(36-2)16-24(22)37-3)39(34,35)25-8-6-5-7-23(25)30(32)33/h4-14,16-17H,1,15,18H2,2-3H3,(H,28,31)/b27-17-. The Morgan fingerprint density at radius 2 is 1.77 bits per heavy atom. The lowest BCUT2D eigenvalue weighted by atomic mass is 10.2. The van der Waals surface area contributed by atoms with E-state index in [-0.39, 0.29) is 11.4 Å². The molecule has 1 N–H and O–H groups in total. The maximum absolute atomic E-state index is 13.7. The van der Waals surface area contributed by atoms with E-state index in [1.807, 2.05) is 0 Å². The van der Waals surface area contributed by atoms with Gasteiger partial charge in [0.1, 0.15) is 30.4 Å². The zero-order valence-electron chi connectivity index (χ0n) is 21.1. The van der Waals surface area contributed by atoms with Crippen molar-refractivity contribution in [2.24, 2.45) is 5.10 Å². The molecule has 3 aromatic rings. The number of methoxy groups -OCH3 is 2. The minimum Gasteiger partial charge on any atom is -0.497 e. The molecule has 0 aliphatic heterocycles. The molecule has 0 aliphatic rings. The molecule has 0 saturated carbocycles. The zero-order valence-corrected chi connectivity index (χ0v) is 22.0. The summed E-state index contributed by atoms with van der Waals surface area (Å²) >= 11 is 0. The minimum absolute atomic E-state index is 0.0364. The first-order chi connectivity index (χ1) is 18.7. The van der Waals surface area contributed by atoms with Gasteiger partial charge < -0.3 is 14.2 Å². The second kappa shape index (κ2) is 13.1. The SMILES string of the molecule is C=CCOc1ccc(/C=N\NC(=O)CN(c2ccc(OC)cc2OC)S(=O)(=O)c2ccccc2[N+](=O)[O-])cc1. The van der Waals surface area contributed by atoms with Crippen LogP contribution in [0.1, 0.15) is 5.56 Å². The highest BCUT2D eigenvalue weighted by atomic mass is 32.2. The van der Waals surface area contributed by atoms with E-state index in [2.05, 4.69) is 17.1 Å². The molecule has 1 amide bonds. The predicted molar refractivity (Wildman–Crippen MR) is 145 cm³/mol. The first-order valence-electron chi connectivity index (χ1n) is 11.3. The Morgan fingerprint density at radius 3 is 2.41 bits per heavy atom. The fourth-order valence-corrected chi connectivity index (χ4v) is 4.98. The molecule has 0 aromatic heterocycles. The Balaban J connectivity index is 1.92. The van der Waals surface area contributed by atoms with Gasteiger partial charge in [-0.15, -0.1) is 0 Å². The highest BCUT2D eigenvalue weighted by Gasteiger charge is 2.34. The number of nitrogens with one attached hydrogen (secondary N) is 1. The monoisotopic (exact) mass is 554 g/mol. The van der Waals surface area contributed by atoms with Crippen molar-refractivity contribution in [3.05, 3.63) is 95.1 Å². The van der Waals surface area contributed by atoms with Crippen LogP contribution in [0.3, 0.4) is 0 Å². The summed E-state index contributed by atoms with van der Waals surface area (Å²) in [6, 6.07) is 16.0. The van der Waals surface area contributed by atoms with Crippen molar-refractivity contribution in [1.82, 2.24) is 5.43 Å². The van der Waals surface area contributed by atoms with Gasteiger partial charge >= 0.3 is 0 Å². The van der Waals surface area contributed by atoms with Crippen molar-refractivity contribution in [3.63, 3.8) is 0 Å². The lowest BCUT2D eigenvalue weighted by molar-refractivity contribution is -0.387. The maximum Gasteiger partial charge on any atom is 0.289 e. The summed E-state index contributed by atoms with van der Waals surface area (Å²) in [4.78, 5) is 23.0. The molecule has 12 nitrogen and oxygen atoms in total. The van der Waals surface area contributed by atoms with Gasteiger partial charge in [0.15, 0.2) is 4.90 Å². The summed E-state index contributed by atoms with van der Waals surface area (Å²) in [5.41, 5.74) is 2.24. The van der Waals surface area contributed by atoms with Crippen LogP contribution in [0.15, 0.2) is 89.4 Å². The summed E-state index contributed by atoms with van der Waals surface area (Å²) in [5.74, 6) is 0.248. The molecule has 0 aliphatic carbocycles. The second-order valence-electron chi connectivity index (χ2n) is 7.74. The quantitative estimate of drug-likeness (QED) is 0.146. The molecule has 3 aromatic carbocycles. The van der Waals surface area contributed by atoms with E-state index in [1.165, 1.54) is 50.8 Å². The van der Waals surface area contributed by atoms with Crippen molar-refractivity contribution in [2.75, 3.05) is 31.7 Å². The molecule has 3 rings (SSSR count). The van der Waals surface area contributed by atoms with E-state index < -0.39 is 38.0 Å². The van der Waals surface area contributed by atoms with E-state index in [0.29, 0.717) is 28.0 Å². The Morgan fingerprint density at radius 1 is 1.08 bits per heavy atom. The predicted octanol–water partition coefficient (Wildman–Crippen LogP) is 3.52. The molecule has 0 spiro atoms. The average molecular weight is 555 g/mol. The third kappa shape index (κ3) is 7.11. The van der Waals surface area contributed by atoms with Crippen molar-refractivity contribution in [1.29, 1.82) is 0 Å². The van der Waals surface area contributed by atoms with E-state index in [4.69, 9.17) is 14.2 Å². The van der Waals surface area contributed by atoms with Gasteiger partial charge in [0.25, 0.3) is 21.6 Å². The fraction of sp³-hybridized carbons (Fsp3) is 0.154. The molecule has 13 heteroatoms. The first kappa shape index (κ1) is 28.7. The molecular weight excluding hydrogens is 528 g/mol. The van der Waals surface area contributed by atoms with Crippen LogP contribution >= 0.6 is 0 Å². The number of nitro benzene ring substituents is 1. The highest BCUT2D eigenvalue weighted by molar-refractivity contribution is 7.93. The molecule has 0 atom stereocenters. The fourth-order valence-electron chi connectivity index (χ4n) is 3.39. The molecule has 0 saturated heterocycles. The Kier molecular flexibility index (Phi) is 9.59. The largest absolute Gasteiger partial charge is 0.497 e. The Hall–Kier alpha value is -4.91. The summed E-state index contributed by atoms with van der Waals surface area (Å²) in [5, 5.41) is 15.5. The van der Waals surface area contributed by atoms with Crippen LogP contribution in [0.2, 0.25) is 0 Å². The molecule has 0 bridgehead atoms. The summed E-state index contributed by atoms with van der Waals surface area (Å²) in [6.07, 6.45) is 2.98. The molecule has 0 heterocycles. The van der Waals surface area contributed by atoms with Crippen LogP contribution in [0.25, 0.3) is 0 Å².